The lowest BCUT2D eigenvalue weighted by atomic mass is 9.90. The highest BCUT2D eigenvalue weighted by Crippen LogP contribution is 2.22. The van der Waals surface area contributed by atoms with E-state index in [-0.39, 0.29) is 17.5 Å². The molecule has 0 bridgehead atoms. The maximum absolute atomic E-state index is 13.2. The number of aromatic amines is 1. The van der Waals surface area contributed by atoms with Crippen LogP contribution >= 0.6 is 0 Å². The van der Waals surface area contributed by atoms with Gasteiger partial charge in [-0.15, -0.1) is 0 Å². The first-order valence-corrected chi connectivity index (χ1v) is 12.1. The van der Waals surface area contributed by atoms with Gasteiger partial charge in [0.2, 0.25) is 5.91 Å². The molecule has 0 saturated carbocycles. The lowest BCUT2D eigenvalue weighted by molar-refractivity contribution is -0.134. The molecule has 6 heteroatoms. The highest BCUT2D eigenvalue weighted by molar-refractivity contribution is 5.78. The smallest absolute Gasteiger partial charge is 0.258 e. The van der Waals surface area contributed by atoms with Gasteiger partial charge in [-0.25, -0.2) is 4.98 Å². The van der Waals surface area contributed by atoms with Gasteiger partial charge >= 0.3 is 0 Å². The molecule has 174 valence electrons. The predicted octanol–water partition coefficient (Wildman–Crippen LogP) is 4.00. The van der Waals surface area contributed by atoms with Gasteiger partial charge in [0.05, 0.1) is 24.0 Å². The number of carbonyl (C=O) groups is 1. The summed E-state index contributed by atoms with van der Waals surface area (Å²) in [5.41, 5.74) is 1.93. The van der Waals surface area contributed by atoms with Crippen molar-refractivity contribution in [2.24, 2.45) is 5.92 Å². The van der Waals surface area contributed by atoms with Crippen LogP contribution in [-0.2, 0) is 17.8 Å². The molecule has 2 aromatic carbocycles. The molecule has 1 aromatic heterocycles. The number of rotatable bonds is 8. The highest BCUT2D eigenvalue weighted by atomic mass is 16.2. The van der Waals surface area contributed by atoms with Crippen LogP contribution in [0.3, 0.4) is 0 Å². The molecule has 0 radical (unpaired) electrons. The lowest BCUT2D eigenvalue weighted by Crippen LogP contribution is -2.46. The van der Waals surface area contributed by atoms with Crippen molar-refractivity contribution >= 4 is 16.8 Å². The molecule has 0 spiro atoms. The zero-order valence-electron chi connectivity index (χ0n) is 19.7. The summed E-state index contributed by atoms with van der Waals surface area (Å²) in [7, 11) is 0. The molecule has 2 heterocycles. The van der Waals surface area contributed by atoms with Crippen LogP contribution in [0, 0.1) is 5.92 Å². The summed E-state index contributed by atoms with van der Waals surface area (Å²) in [4.78, 5) is 37.3. The first-order valence-electron chi connectivity index (χ1n) is 12.1. The Hall–Kier alpha value is -2.99. The van der Waals surface area contributed by atoms with Crippen molar-refractivity contribution in [3.63, 3.8) is 0 Å². The van der Waals surface area contributed by atoms with Gasteiger partial charge in [0.25, 0.3) is 5.56 Å². The fourth-order valence-corrected chi connectivity index (χ4v) is 4.64. The summed E-state index contributed by atoms with van der Waals surface area (Å²) in [5.74, 6) is 1.40. The molecule has 1 aliphatic rings. The zero-order chi connectivity index (χ0) is 23.2. The lowest BCUT2D eigenvalue weighted by Gasteiger charge is -2.35. The van der Waals surface area contributed by atoms with Crippen LogP contribution in [0.1, 0.15) is 44.5 Å². The highest BCUT2D eigenvalue weighted by Gasteiger charge is 2.26. The van der Waals surface area contributed by atoms with Crippen LogP contribution in [0.15, 0.2) is 59.4 Å². The number of fused-ring (bicyclic) bond motifs is 1. The Morgan fingerprint density at radius 1 is 1.12 bits per heavy atom. The van der Waals surface area contributed by atoms with Gasteiger partial charge in [0.1, 0.15) is 5.82 Å². The minimum absolute atomic E-state index is 0.133. The van der Waals surface area contributed by atoms with E-state index >= 15 is 0 Å². The standard InChI is InChI=1S/C27H34N4O2/c1-3-20(2)31(18-25-28-24-12-8-7-11-23(24)27(33)29-25)19-26(32)30-15-13-22(14-16-30)17-21-9-5-4-6-10-21/h4-12,20,22H,3,13-19H2,1-2H3,(H,28,29,33). The fraction of sp³-hybridized carbons (Fsp3) is 0.444. The molecule has 1 amide bonds. The van der Waals surface area contributed by atoms with E-state index in [2.05, 4.69) is 59.0 Å². The number of amides is 1. The Bertz CT molecular complexity index is 1120. The van der Waals surface area contributed by atoms with Crippen molar-refractivity contribution in [3.05, 3.63) is 76.3 Å². The van der Waals surface area contributed by atoms with Gasteiger partial charge in [0, 0.05) is 19.1 Å². The number of carbonyl (C=O) groups excluding carboxylic acids is 1. The molecule has 6 nitrogen and oxygen atoms in total. The van der Waals surface area contributed by atoms with Crippen molar-refractivity contribution in [2.45, 2.75) is 52.1 Å². The summed E-state index contributed by atoms with van der Waals surface area (Å²) in [5, 5.41) is 0.589. The molecule has 1 atom stereocenters. The number of benzene rings is 2. The SMILES string of the molecule is CCC(C)N(CC(=O)N1CCC(Cc2ccccc2)CC1)Cc1nc2ccccc2c(=O)[nH]1. The summed E-state index contributed by atoms with van der Waals surface area (Å²) >= 11 is 0. The molecular formula is C27H34N4O2. The summed E-state index contributed by atoms with van der Waals surface area (Å²) < 4.78 is 0. The predicted molar refractivity (Wildman–Crippen MR) is 132 cm³/mol. The molecule has 3 aromatic rings. The third-order valence-electron chi connectivity index (χ3n) is 6.90. The largest absolute Gasteiger partial charge is 0.342 e. The Morgan fingerprint density at radius 3 is 2.55 bits per heavy atom. The van der Waals surface area contributed by atoms with Crippen molar-refractivity contribution in [1.29, 1.82) is 0 Å². The van der Waals surface area contributed by atoms with Crippen molar-refractivity contribution in [1.82, 2.24) is 19.8 Å². The van der Waals surface area contributed by atoms with Crippen LogP contribution in [0.25, 0.3) is 10.9 Å². The van der Waals surface area contributed by atoms with Gasteiger partial charge in [-0.2, -0.15) is 0 Å². The monoisotopic (exact) mass is 446 g/mol. The van der Waals surface area contributed by atoms with Crippen LogP contribution in [-0.4, -0.2) is 51.4 Å². The summed E-state index contributed by atoms with van der Waals surface area (Å²) in [6.45, 7) is 6.66. The first kappa shape index (κ1) is 23.2. The van der Waals surface area contributed by atoms with Gasteiger partial charge in [0.15, 0.2) is 0 Å². The molecule has 1 saturated heterocycles. The number of H-pyrrole nitrogens is 1. The quantitative estimate of drug-likeness (QED) is 0.568. The van der Waals surface area contributed by atoms with Crippen LogP contribution in [0.2, 0.25) is 0 Å². The zero-order valence-corrected chi connectivity index (χ0v) is 19.7. The number of piperidine rings is 1. The van der Waals surface area contributed by atoms with Crippen molar-refractivity contribution in [2.75, 3.05) is 19.6 Å². The van der Waals surface area contributed by atoms with Crippen molar-refractivity contribution in [3.8, 4) is 0 Å². The van der Waals surface area contributed by atoms with E-state index in [1.165, 1.54) is 5.56 Å². The van der Waals surface area contributed by atoms with Gasteiger partial charge in [-0.1, -0.05) is 49.4 Å². The van der Waals surface area contributed by atoms with E-state index in [0.717, 1.165) is 38.8 Å². The molecule has 1 fully saturated rings. The third kappa shape index (κ3) is 5.88. The molecular weight excluding hydrogens is 412 g/mol. The first-order chi connectivity index (χ1) is 16.0. The van der Waals surface area contributed by atoms with Crippen LogP contribution < -0.4 is 5.56 Å². The van der Waals surface area contributed by atoms with E-state index in [0.29, 0.717) is 35.7 Å². The number of likely N-dealkylation sites (tertiary alicyclic amines) is 1. The molecule has 0 aliphatic carbocycles. The normalized spacial score (nSPS) is 15.8. The van der Waals surface area contributed by atoms with Gasteiger partial charge < -0.3 is 9.88 Å². The second-order valence-corrected chi connectivity index (χ2v) is 9.21. The Kier molecular flexibility index (Phi) is 7.55. The van der Waals surface area contributed by atoms with E-state index in [1.54, 1.807) is 6.07 Å². The van der Waals surface area contributed by atoms with E-state index in [9.17, 15) is 9.59 Å². The van der Waals surface area contributed by atoms with Crippen LogP contribution in [0.4, 0.5) is 0 Å². The molecule has 33 heavy (non-hydrogen) atoms. The average Bonchev–Trinajstić information content (AvgIpc) is 2.84. The fourth-order valence-electron chi connectivity index (χ4n) is 4.64. The minimum Gasteiger partial charge on any atom is -0.342 e. The molecule has 1 aliphatic heterocycles. The summed E-state index contributed by atoms with van der Waals surface area (Å²) in [6.07, 6.45) is 4.10. The van der Waals surface area contributed by atoms with Crippen molar-refractivity contribution < 1.29 is 4.79 Å². The number of nitrogens with zero attached hydrogens (tertiary/aromatic N) is 3. The second-order valence-electron chi connectivity index (χ2n) is 9.21. The second kappa shape index (κ2) is 10.8. The third-order valence-corrected chi connectivity index (χ3v) is 6.90. The van der Waals surface area contributed by atoms with Gasteiger partial charge in [-0.3, -0.25) is 14.5 Å². The Labute approximate surface area is 195 Å². The Balaban J connectivity index is 1.38. The van der Waals surface area contributed by atoms with Gasteiger partial charge in [-0.05, 0) is 56.2 Å². The maximum Gasteiger partial charge on any atom is 0.258 e. The number of hydrogen-bond acceptors (Lipinski definition) is 4. The van der Waals surface area contributed by atoms with E-state index in [1.807, 2.05) is 23.1 Å². The Morgan fingerprint density at radius 2 is 1.82 bits per heavy atom. The maximum atomic E-state index is 13.2. The molecule has 1 N–H and O–H groups in total. The molecule has 4 rings (SSSR count). The number of para-hydroxylation sites is 1. The number of nitrogens with one attached hydrogen (secondary N) is 1. The molecule has 1 unspecified atom stereocenters. The number of hydrogen-bond donors (Lipinski definition) is 1. The van der Waals surface area contributed by atoms with Crippen LogP contribution in [0.5, 0.6) is 0 Å². The van der Waals surface area contributed by atoms with E-state index in [4.69, 9.17) is 0 Å². The average molecular weight is 447 g/mol. The topological polar surface area (TPSA) is 69.3 Å². The number of aromatic nitrogens is 2. The van der Waals surface area contributed by atoms with E-state index < -0.39 is 0 Å². The minimum atomic E-state index is -0.133. The summed E-state index contributed by atoms with van der Waals surface area (Å²) in [6, 6.07) is 18.2.